The van der Waals surface area contributed by atoms with Crippen molar-refractivity contribution in [1.29, 1.82) is 0 Å². The number of rotatable bonds is 3. The van der Waals surface area contributed by atoms with E-state index in [-0.39, 0.29) is 17.4 Å². The molecule has 0 saturated carbocycles. The first-order valence-electron chi connectivity index (χ1n) is 5.49. The minimum Gasteiger partial charge on any atom is -0.307 e. The third-order valence-corrected chi connectivity index (χ3v) is 4.10. The lowest BCUT2D eigenvalue weighted by atomic mass is 10.1. The average molecular weight is 263 g/mol. The van der Waals surface area contributed by atoms with Crippen LogP contribution in [0.15, 0.2) is 35.7 Å². The van der Waals surface area contributed by atoms with Gasteiger partial charge < -0.3 is 4.90 Å². The molecule has 4 nitrogen and oxygen atoms in total. The third kappa shape index (κ3) is 2.13. The van der Waals surface area contributed by atoms with E-state index in [4.69, 9.17) is 0 Å². The summed E-state index contributed by atoms with van der Waals surface area (Å²) in [6.07, 6.45) is 1.62. The van der Waals surface area contributed by atoms with Crippen molar-refractivity contribution < 1.29 is 13.8 Å². The van der Waals surface area contributed by atoms with E-state index in [9.17, 15) is 13.8 Å². The molecule has 1 atom stereocenters. The molecule has 5 heteroatoms. The number of benzene rings is 1. The van der Waals surface area contributed by atoms with Crippen LogP contribution < -0.4 is 4.90 Å². The Bertz CT molecular complexity index is 565. The summed E-state index contributed by atoms with van der Waals surface area (Å²) in [5, 5.41) is 0. The van der Waals surface area contributed by atoms with Gasteiger partial charge in [-0.2, -0.15) is 0 Å². The van der Waals surface area contributed by atoms with Gasteiger partial charge in [0, 0.05) is 12.1 Å². The fraction of sp³-hybridized carbons (Fsp3) is 0.231. The molecule has 0 saturated heterocycles. The predicted molar refractivity (Wildman–Crippen MR) is 70.3 cm³/mol. The molecule has 1 aliphatic heterocycles. The first-order valence-corrected chi connectivity index (χ1v) is 6.81. The summed E-state index contributed by atoms with van der Waals surface area (Å²) in [5.74, 6) is -0.305. The van der Waals surface area contributed by atoms with Crippen molar-refractivity contribution in [3.63, 3.8) is 0 Å². The molecule has 0 N–H and O–H groups in total. The van der Waals surface area contributed by atoms with Gasteiger partial charge in [0.2, 0.25) is 5.91 Å². The zero-order valence-electron chi connectivity index (χ0n) is 10.0. The molecule has 1 aliphatic rings. The van der Waals surface area contributed by atoms with E-state index in [1.54, 1.807) is 24.3 Å². The molecule has 0 aromatic heterocycles. The summed E-state index contributed by atoms with van der Waals surface area (Å²) >= 11 is 0. The smallest absolute Gasteiger partial charge is 0.240 e. The lowest BCUT2D eigenvalue weighted by molar-refractivity contribution is -0.116. The monoisotopic (exact) mass is 263 g/mol. The van der Waals surface area contributed by atoms with E-state index in [1.807, 2.05) is 0 Å². The van der Waals surface area contributed by atoms with E-state index >= 15 is 0 Å². The van der Waals surface area contributed by atoms with Crippen molar-refractivity contribution >= 4 is 28.2 Å². The van der Waals surface area contributed by atoms with Crippen LogP contribution in [0, 0.1) is 0 Å². The van der Waals surface area contributed by atoms with Gasteiger partial charge in [-0.3, -0.25) is 13.8 Å². The fourth-order valence-corrected chi connectivity index (χ4v) is 3.08. The second-order valence-corrected chi connectivity index (χ2v) is 5.44. The van der Waals surface area contributed by atoms with Crippen LogP contribution in [0.4, 0.5) is 5.69 Å². The van der Waals surface area contributed by atoms with Crippen molar-refractivity contribution in [2.24, 2.45) is 0 Å². The SMILES string of the molecule is C=CCN1C(=O)CS(=O)c2cc(C(C)=O)ccc21. The first kappa shape index (κ1) is 12.7. The molecular weight excluding hydrogens is 250 g/mol. The van der Waals surface area contributed by atoms with Crippen molar-refractivity contribution in [3.8, 4) is 0 Å². The number of fused-ring (bicyclic) bond motifs is 1. The summed E-state index contributed by atoms with van der Waals surface area (Å²) in [7, 11) is -1.37. The minimum absolute atomic E-state index is 0.0395. The molecule has 1 aromatic carbocycles. The molecular formula is C13H13NO3S. The van der Waals surface area contributed by atoms with Gasteiger partial charge in [0.15, 0.2) is 5.78 Å². The maximum Gasteiger partial charge on any atom is 0.240 e. The van der Waals surface area contributed by atoms with Gasteiger partial charge in [-0.1, -0.05) is 6.08 Å². The molecule has 2 rings (SSSR count). The highest BCUT2D eigenvalue weighted by Gasteiger charge is 2.28. The van der Waals surface area contributed by atoms with Crippen LogP contribution in [-0.2, 0) is 15.6 Å². The summed E-state index contributed by atoms with van der Waals surface area (Å²) in [6, 6.07) is 4.92. The average Bonchev–Trinajstić information content (AvgIpc) is 2.33. The highest BCUT2D eigenvalue weighted by atomic mass is 32.2. The Balaban J connectivity index is 2.55. The molecule has 18 heavy (non-hydrogen) atoms. The van der Waals surface area contributed by atoms with Gasteiger partial charge in [-0.25, -0.2) is 0 Å². The van der Waals surface area contributed by atoms with Crippen LogP contribution in [-0.4, -0.2) is 28.2 Å². The Morgan fingerprint density at radius 2 is 2.28 bits per heavy atom. The van der Waals surface area contributed by atoms with E-state index in [2.05, 4.69) is 6.58 Å². The molecule has 0 aliphatic carbocycles. The molecule has 1 heterocycles. The van der Waals surface area contributed by atoms with Crippen LogP contribution in [0.5, 0.6) is 0 Å². The molecule has 0 spiro atoms. The number of ketones is 1. The van der Waals surface area contributed by atoms with Crippen molar-refractivity contribution in [2.45, 2.75) is 11.8 Å². The van der Waals surface area contributed by atoms with E-state index in [0.29, 0.717) is 22.7 Å². The highest BCUT2D eigenvalue weighted by molar-refractivity contribution is 7.86. The number of amides is 1. The Hall–Kier alpha value is -1.75. The van der Waals surface area contributed by atoms with Gasteiger partial charge in [-0.15, -0.1) is 6.58 Å². The lowest BCUT2D eigenvalue weighted by Crippen LogP contribution is -2.39. The number of carbonyl (C=O) groups is 2. The number of Topliss-reactive ketones (excluding diaryl/α,β-unsaturated/α-hetero) is 1. The summed E-state index contributed by atoms with van der Waals surface area (Å²) < 4.78 is 11.9. The maximum absolute atomic E-state index is 11.9. The summed E-state index contributed by atoms with van der Waals surface area (Å²) in [5.41, 5.74) is 1.12. The van der Waals surface area contributed by atoms with Crippen LogP contribution in [0.2, 0.25) is 0 Å². The number of hydrogen-bond donors (Lipinski definition) is 0. The Morgan fingerprint density at radius 3 is 2.89 bits per heavy atom. The summed E-state index contributed by atoms with van der Waals surface area (Å²) in [4.78, 5) is 25.2. The predicted octanol–water partition coefficient (Wildman–Crippen LogP) is 1.53. The normalized spacial score (nSPS) is 18.4. The topological polar surface area (TPSA) is 54.5 Å². The third-order valence-electron chi connectivity index (χ3n) is 2.77. The van der Waals surface area contributed by atoms with Gasteiger partial charge in [0.05, 0.1) is 21.4 Å². The second-order valence-electron chi connectivity index (χ2n) is 4.02. The van der Waals surface area contributed by atoms with Crippen molar-refractivity contribution in [2.75, 3.05) is 17.2 Å². The first-order chi connectivity index (χ1) is 8.54. The van der Waals surface area contributed by atoms with Crippen molar-refractivity contribution in [1.82, 2.24) is 0 Å². The van der Waals surface area contributed by atoms with Gasteiger partial charge in [0.1, 0.15) is 5.75 Å². The van der Waals surface area contributed by atoms with Crippen LogP contribution >= 0.6 is 0 Å². The molecule has 0 fully saturated rings. The standard InChI is InChI=1S/C13H13NO3S/c1-3-6-14-11-5-4-10(9(2)15)7-12(11)18(17)8-13(14)16/h3-5,7H,1,6,8H2,2H3. The molecule has 1 amide bonds. The van der Waals surface area contributed by atoms with E-state index < -0.39 is 10.8 Å². The quantitative estimate of drug-likeness (QED) is 0.614. The van der Waals surface area contributed by atoms with Gasteiger partial charge >= 0.3 is 0 Å². The zero-order chi connectivity index (χ0) is 13.3. The van der Waals surface area contributed by atoms with Crippen LogP contribution in [0.25, 0.3) is 0 Å². The Morgan fingerprint density at radius 1 is 1.56 bits per heavy atom. The van der Waals surface area contributed by atoms with Gasteiger partial charge in [-0.05, 0) is 25.1 Å². The molecule has 0 radical (unpaired) electrons. The second kappa shape index (κ2) is 4.86. The number of nitrogens with zero attached hydrogens (tertiary/aromatic N) is 1. The molecule has 94 valence electrons. The van der Waals surface area contributed by atoms with E-state index in [1.165, 1.54) is 11.8 Å². The number of anilines is 1. The highest BCUT2D eigenvalue weighted by Crippen LogP contribution is 2.29. The fourth-order valence-electron chi connectivity index (χ4n) is 1.87. The number of hydrogen-bond acceptors (Lipinski definition) is 3. The van der Waals surface area contributed by atoms with Crippen LogP contribution in [0.1, 0.15) is 17.3 Å². The summed E-state index contributed by atoms with van der Waals surface area (Å²) in [6.45, 7) is 5.44. The molecule has 1 unspecified atom stereocenters. The Labute approximate surface area is 108 Å². The van der Waals surface area contributed by atoms with Gasteiger partial charge in [0.25, 0.3) is 0 Å². The van der Waals surface area contributed by atoms with E-state index in [0.717, 1.165) is 0 Å². The molecule has 1 aromatic rings. The Kier molecular flexibility index (Phi) is 3.43. The maximum atomic E-state index is 11.9. The minimum atomic E-state index is -1.37. The number of carbonyl (C=O) groups excluding carboxylic acids is 2. The van der Waals surface area contributed by atoms with Crippen LogP contribution in [0.3, 0.4) is 0 Å². The zero-order valence-corrected chi connectivity index (χ0v) is 10.8. The molecule has 0 bridgehead atoms. The van der Waals surface area contributed by atoms with Crippen molar-refractivity contribution in [3.05, 3.63) is 36.4 Å². The lowest BCUT2D eigenvalue weighted by Gasteiger charge is -2.28. The largest absolute Gasteiger partial charge is 0.307 e.